The lowest BCUT2D eigenvalue weighted by Gasteiger charge is -2.60. The fourth-order valence-corrected chi connectivity index (χ4v) is 7.77. The summed E-state index contributed by atoms with van der Waals surface area (Å²) in [5.74, 6) is 1.89. The molecule has 3 nitrogen and oxygen atoms in total. The number of aliphatic hydroxyl groups is 2. The topological polar surface area (TPSA) is 57.5 Å². The van der Waals surface area contributed by atoms with Crippen LogP contribution in [-0.4, -0.2) is 29.2 Å². The maximum Gasteiger partial charge on any atom is 0.126 e. The van der Waals surface area contributed by atoms with Crippen molar-refractivity contribution in [3.8, 4) is 0 Å². The van der Waals surface area contributed by atoms with Crippen LogP contribution in [0.4, 0.5) is 0 Å². The van der Waals surface area contributed by atoms with E-state index in [1.165, 1.54) is 12.0 Å². The van der Waals surface area contributed by atoms with Crippen molar-refractivity contribution in [2.45, 2.75) is 64.9 Å². The van der Waals surface area contributed by atoms with E-state index in [-0.39, 0.29) is 29.5 Å². The zero-order chi connectivity index (χ0) is 18.7. The molecule has 3 fully saturated rings. The number of hydrogen-bond donors (Lipinski definition) is 2. The minimum absolute atomic E-state index is 0.0508. The van der Waals surface area contributed by atoms with Crippen molar-refractivity contribution >= 4 is 6.29 Å². The average molecular weight is 359 g/mol. The molecule has 2 N–H and O–H groups in total. The van der Waals surface area contributed by atoms with E-state index in [9.17, 15) is 15.0 Å². The molecule has 4 aliphatic carbocycles. The van der Waals surface area contributed by atoms with Gasteiger partial charge in [0.2, 0.25) is 0 Å². The molecule has 0 aliphatic heterocycles. The van der Waals surface area contributed by atoms with Crippen LogP contribution in [0.5, 0.6) is 0 Å². The number of aldehydes is 1. The first-order chi connectivity index (χ1) is 12.3. The molecule has 4 aliphatic rings. The summed E-state index contributed by atoms with van der Waals surface area (Å²) < 4.78 is 0. The van der Waals surface area contributed by atoms with E-state index < -0.39 is 0 Å². The lowest BCUT2D eigenvalue weighted by Crippen LogP contribution is -2.56. The largest absolute Gasteiger partial charge is 0.393 e. The molecule has 4 rings (SSSR count). The molecule has 1 unspecified atom stereocenters. The summed E-state index contributed by atoms with van der Waals surface area (Å²) in [5, 5.41) is 21.0. The summed E-state index contributed by atoms with van der Waals surface area (Å²) in [7, 11) is 0. The Morgan fingerprint density at radius 3 is 2.77 bits per heavy atom. The summed E-state index contributed by atoms with van der Waals surface area (Å²) in [5.41, 5.74) is 2.50. The summed E-state index contributed by atoms with van der Waals surface area (Å²) in [6, 6.07) is 0. The van der Waals surface area contributed by atoms with Crippen molar-refractivity contribution in [3.63, 3.8) is 0 Å². The fourth-order valence-electron chi connectivity index (χ4n) is 7.77. The quantitative estimate of drug-likeness (QED) is 0.594. The van der Waals surface area contributed by atoms with E-state index in [0.717, 1.165) is 50.4 Å². The van der Waals surface area contributed by atoms with Gasteiger partial charge in [0.1, 0.15) is 6.29 Å². The SMILES string of the molecule is C=C(CO)[C@H]1CC[C@H]2[C@@H]3CCC4=CC(C=O)CC[C@]4(C)[C@H]3[C@@H](O)C[C@]12C. The third-order valence-electron chi connectivity index (χ3n) is 8.95. The van der Waals surface area contributed by atoms with Crippen molar-refractivity contribution in [1.29, 1.82) is 0 Å². The molecule has 0 spiro atoms. The van der Waals surface area contributed by atoms with Crippen LogP contribution in [0.25, 0.3) is 0 Å². The molecule has 26 heavy (non-hydrogen) atoms. The first-order valence-corrected chi connectivity index (χ1v) is 10.5. The molecule has 0 bridgehead atoms. The summed E-state index contributed by atoms with van der Waals surface area (Å²) in [4.78, 5) is 11.3. The van der Waals surface area contributed by atoms with Gasteiger partial charge in [0.15, 0.2) is 0 Å². The number of aliphatic hydroxyl groups excluding tert-OH is 2. The summed E-state index contributed by atoms with van der Waals surface area (Å²) >= 11 is 0. The Balaban J connectivity index is 1.68. The highest BCUT2D eigenvalue weighted by Crippen LogP contribution is 2.67. The molecule has 0 saturated heterocycles. The van der Waals surface area contributed by atoms with Crippen molar-refractivity contribution in [2.24, 2.45) is 40.4 Å². The number of allylic oxidation sites excluding steroid dienone is 2. The van der Waals surface area contributed by atoms with Gasteiger partial charge >= 0.3 is 0 Å². The summed E-state index contributed by atoms with van der Waals surface area (Å²) in [6.07, 6.45) is 10.3. The maximum absolute atomic E-state index is 11.3. The second-order valence-electron chi connectivity index (χ2n) is 10.0. The van der Waals surface area contributed by atoms with Gasteiger partial charge in [-0.1, -0.05) is 32.1 Å². The molecule has 8 atom stereocenters. The van der Waals surface area contributed by atoms with Crippen molar-refractivity contribution < 1.29 is 15.0 Å². The van der Waals surface area contributed by atoms with Gasteiger partial charge in [-0.15, -0.1) is 0 Å². The molecule has 3 heteroatoms. The van der Waals surface area contributed by atoms with Crippen LogP contribution in [0, 0.1) is 40.4 Å². The highest BCUT2D eigenvalue weighted by molar-refractivity contribution is 5.58. The van der Waals surface area contributed by atoms with E-state index in [1.807, 2.05) is 0 Å². The van der Waals surface area contributed by atoms with Crippen LogP contribution in [0.3, 0.4) is 0 Å². The third kappa shape index (κ3) is 2.43. The minimum Gasteiger partial charge on any atom is -0.393 e. The highest BCUT2D eigenvalue weighted by atomic mass is 16.3. The lowest BCUT2D eigenvalue weighted by atomic mass is 9.45. The fraction of sp³-hybridized carbons (Fsp3) is 0.783. The lowest BCUT2D eigenvalue weighted by molar-refractivity contribution is -0.127. The van der Waals surface area contributed by atoms with Gasteiger partial charge in [0.25, 0.3) is 0 Å². The summed E-state index contributed by atoms with van der Waals surface area (Å²) in [6.45, 7) is 8.90. The minimum atomic E-state index is -0.296. The number of carbonyl (C=O) groups excluding carboxylic acids is 1. The van der Waals surface area contributed by atoms with Crippen LogP contribution in [0.2, 0.25) is 0 Å². The zero-order valence-corrected chi connectivity index (χ0v) is 16.3. The second kappa shape index (κ2) is 6.31. The first kappa shape index (κ1) is 18.4. The van der Waals surface area contributed by atoms with Crippen LogP contribution >= 0.6 is 0 Å². The Bertz CT molecular complexity index is 637. The van der Waals surface area contributed by atoms with E-state index in [4.69, 9.17) is 0 Å². The zero-order valence-electron chi connectivity index (χ0n) is 16.3. The van der Waals surface area contributed by atoms with Crippen LogP contribution in [0.15, 0.2) is 23.8 Å². The van der Waals surface area contributed by atoms with Crippen molar-refractivity contribution in [1.82, 2.24) is 0 Å². The van der Waals surface area contributed by atoms with E-state index in [2.05, 4.69) is 26.5 Å². The molecule has 0 radical (unpaired) electrons. The Hall–Kier alpha value is -0.930. The van der Waals surface area contributed by atoms with Crippen LogP contribution in [0.1, 0.15) is 58.8 Å². The van der Waals surface area contributed by atoms with Gasteiger partial charge in [-0.2, -0.15) is 0 Å². The van der Waals surface area contributed by atoms with Gasteiger partial charge in [0.05, 0.1) is 12.7 Å². The second-order valence-corrected chi connectivity index (χ2v) is 10.0. The molecule has 0 aromatic heterocycles. The molecule has 3 saturated carbocycles. The Morgan fingerprint density at radius 2 is 2.08 bits per heavy atom. The normalized spacial score (nSPS) is 50.2. The highest BCUT2D eigenvalue weighted by Gasteiger charge is 2.62. The van der Waals surface area contributed by atoms with E-state index >= 15 is 0 Å². The van der Waals surface area contributed by atoms with Gasteiger partial charge in [-0.25, -0.2) is 0 Å². The van der Waals surface area contributed by atoms with Crippen LogP contribution < -0.4 is 0 Å². The number of hydrogen-bond acceptors (Lipinski definition) is 3. The first-order valence-electron chi connectivity index (χ1n) is 10.5. The van der Waals surface area contributed by atoms with Crippen molar-refractivity contribution in [2.75, 3.05) is 6.61 Å². The molecular formula is C23H34O3. The molecule has 0 aromatic carbocycles. The smallest absolute Gasteiger partial charge is 0.126 e. The standard InChI is InChI=1S/C23H34O3/c1-14(12-24)18-6-7-19-17-5-4-16-10-15(13-25)8-9-22(16,2)21(17)20(26)11-23(18,19)3/h10,13,15,17-21,24,26H,1,4-9,11-12H2,2-3H3/t15?,17-,18+,19-,20-,21+,22-,23+/m0/s1. The Labute approximate surface area is 157 Å². The molecule has 0 aromatic rings. The Kier molecular flexibility index (Phi) is 4.47. The number of fused-ring (bicyclic) bond motifs is 5. The molecular weight excluding hydrogens is 324 g/mol. The van der Waals surface area contributed by atoms with Gasteiger partial charge in [-0.3, -0.25) is 0 Å². The monoisotopic (exact) mass is 358 g/mol. The predicted molar refractivity (Wildman–Crippen MR) is 102 cm³/mol. The average Bonchev–Trinajstić information content (AvgIpc) is 2.96. The molecule has 144 valence electrons. The Morgan fingerprint density at radius 1 is 1.31 bits per heavy atom. The van der Waals surface area contributed by atoms with Gasteiger partial charge in [-0.05, 0) is 85.0 Å². The molecule has 0 amide bonds. The number of carbonyl (C=O) groups is 1. The van der Waals surface area contributed by atoms with E-state index in [1.54, 1.807) is 0 Å². The van der Waals surface area contributed by atoms with Gasteiger partial charge < -0.3 is 15.0 Å². The maximum atomic E-state index is 11.3. The van der Waals surface area contributed by atoms with Crippen LogP contribution in [-0.2, 0) is 4.79 Å². The van der Waals surface area contributed by atoms with Crippen molar-refractivity contribution in [3.05, 3.63) is 23.8 Å². The van der Waals surface area contributed by atoms with E-state index in [0.29, 0.717) is 23.7 Å². The predicted octanol–water partition coefficient (Wildman–Crippen LogP) is 3.90. The number of rotatable bonds is 3. The third-order valence-corrected chi connectivity index (χ3v) is 8.95. The van der Waals surface area contributed by atoms with Gasteiger partial charge in [0, 0.05) is 5.92 Å². The molecule has 0 heterocycles.